The number of halogens is 3. The van der Waals surface area contributed by atoms with Crippen LogP contribution in [0.5, 0.6) is 0 Å². The molecule has 2 rings (SSSR count). The first-order valence-corrected chi connectivity index (χ1v) is 8.14. The van der Waals surface area contributed by atoms with Crippen molar-refractivity contribution in [1.82, 2.24) is 0 Å². The predicted molar refractivity (Wildman–Crippen MR) is 75.1 cm³/mol. The Morgan fingerprint density at radius 2 is 1.55 bits per heavy atom. The Bertz CT molecular complexity index is 765. The smallest absolute Gasteiger partial charge is 0.384 e. The van der Waals surface area contributed by atoms with Crippen LogP contribution in [0, 0.1) is 0 Å². The highest BCUT2D eigenvalue weighted by Gasteiger charge is 2.34. The molecule has 3 nitrogen and oxygen atoms in total. The van der Waals surface area contributed by atoms with Crippen molar-refractivity contribution < 1.29 is 26.7 Å². The summed E-state index contributed by atoms with van der Waals surface area (Å²) in [6.07, 6.45) is -5.05. The van der Waals surface area contributed by atoms with E-state index in [1.54, 1.807) is 0 Å². The van der Waals surface area contributed by atoms with Gasteiger partial charge in [0.2, 0.25) is 0 Å². The van der Waals surface area contributed by atoms with Crippen molar-refractivity contribution in [2.45, 2.75) is 17.2 Å². The highest BCUT2D eigenvalue weighted by atomic mass is 32.2. The number of alkyl halides is 3. The van der Waals surface area contributed by atoms with E-state index in [1.807, 2.05) is 0 Å². The molecule has 7 heteroatoms. The summed E-state index contributed by atoms with van der Waals surface area (Å²) in [6, 6.07) is 9.84. The van der Waals surface area contributed by atoms with Gasteiger partial charge in [0.25, 0.3) is 0 Å². The fraction of sp³-hybridized carbons (Fsp3) is 0.200. The number of benzene rings is 2. The SMILES string of the molecule is CS(=O)(=O)c1ccc(C(O)c2ccccc2C(F)(F)F)cc1. The number of rotatable bonds is 3. The van der Waals surface area contributed by atoms with Gasteiger partial charge >= 0.3 is 6.18 Å². The Kier molecular flexibility index (Phi) is 4.30. The number of sulfone groups is 1. The van der Waals surface area contributed by atoms with Crippen molar-refractivity contribution in [2.24, 2.45) is 0 Å². The molecule has 0 radical (unpaired) electrons. The molecule has 0 spiro atoms. The van der Waals surface area contributed by atoms with Crippen LogP contribution in [-0.2, 0) is 16.0 Å². The van der Waals surface area contributed by atoms with Crippen molar-refractivity contribution in [2.75, 3.05) is 6.26 Å². The van der Waals surface area contributed by atoms with Gasteiger partial charge in [-0.05, 0) is 29.3 Å². The first-order chi connectivity index (χ1) is 10.1. The first-order valence-electron chi connectivity index (χ1n) is 6.25. The molecular formula is C15H13F3O3S. The van der Waals surface area contributed by atoms with Crippen LogP contribution in [-0.4, -0.2) is 19.8 Å². The maximum Gasteiger partial charge on any atom is 0.416 e. The Balaban J connectivity index is 2.43. The highest BCUT2D eigenvalue weighted by Crippen LogP contribution is 2.36. The van der Waals surface area contributed by atoms with E-state index in [1.165, 1.54) is 42.5 Å². The van der Waals surface area contributed by atoms with Crippen LogP contribution in [0.2, 0.25) is 0 Å². The van der Waals surface area contributed by atoms with Crippen LogP contribution < -0.4 is 0 Å². The van der Waals surface area contributed by atoms with Crippen LogP contribution in [0.25, 0.3) is 0 Å². The number of hydrogen-bond donors (Lipinski definition) is 1. The summed E-state index contributed by atoms with van der Waals surface area (Å²) in [5.74, 6) is 0. The minimum absolute atomic E-state index is 0.0348. The molecule has 118 valence electrons. The summed E-state index contributed by atoms with van der Waals surface area (Å²) < 4.78 is 61.6. The fourth-order valence-electron chi connectivity index (χ4n) is 2.07. The molecule has 0 aromatic heterocycles. The maximum absolute atomic E-state index is 13.0. The lowest BCUT2D eigenvalue weighted by molar-refractivity contribution is -0.139. The van der Waals surface area contributed by atoms with Crippen LogP contribution in [0.4, 0.5) is 13.2 Å². The molecule has 0 aliphatic carbocycles. The van der Waals surface area contributed by atoms with Crippen LogP contribution in [0.3, 0.4) is 0 Å². The second kappa shape index (κ2) is 5.73. The van der Waals surface area contributed by atoms with E-state index in [0.29, 0.717) is 0 Å². The standard InChI is InChI=1S/C15H13F3O3S/c1-22(20,21)11-8-6-10(7-9-11)14(19)12-4-2-3-5-13(12)15(16,17)18/h2-9,14,19H,1H3. The summed E-state index contributed by atoms with van der Waals surface area (Å²) in [5.41, 5.74) is -1.01. The molecule has 0 amide bonds. The van der Waals surface area contributed by atoms with E-state index < -0.39 is 27.7 Å². The quantitative estimate of drug-likeness (QED) is 0.940. The third-order valence-electron chi connectivity index (χ3n) is 3.18. The molecule has 1 unspecified atom stereocenters. The minimum Gasteiger partial charge on any atom is -0.384 e. The molecule has 1 atom stereocenters. The number of hydrogen-bond acceptors (Lipinski definition) is 3. The van der Waals surface area contributed by atoms with E-state index in [-0.39, 0.29) is 16.0 Å². The Morgan fingerprint density at radius 3 is 2.05 bits per heavy atom. The zero-order valence-corrected chi connectivity index (χ0v) is 12.3. The second-order valence-corrected chi connectivity index (χ2v) is 6.84. The predicted octanol–water partition coefficient (Wildman–Crippen LogP) is 3.19. The number of aliphatic hydroxyl groups excluding tert-OH is 1. The molecular weight excluding hydrogens is 317 g/mol. The zero-order chi connectivity index (χ0) is 16.5. The molecule has 0 heterocycles. The Hall–Kier alpha value is -1.86. The van der Waals surface area contributed by atoms with Gasteiger partial charge in [0.05, 0.1) is 10.5 Å². The van der Waals surface area contributed by atoms with Crippen molar-refractivity contribution >= 4 is 9.84 Å². The van der Waals surface area contributed by atoms with Gasteiger partial charge < -0.3 is 5.11 Å². The topological polar surface area (TPSA) is 54.4 Å². The van der Waals surface area contributed by atoms with Gasteiger partial charge in [0.1, 0.15) is 6.10 Å². The van der Waals surface area contributed by atoms with Gasteiger partial charge in [-0.2, -0.15) is 13.2 Å². The molecule has 2 aromatic rings. The average molecular weight is 330 g/mol. The first kappa shape index (κ1) is 16.5. The largest absolute Gasteiger partial charge is 0.416 e. The summed E-state index contributed by atoms with van der Waals surface area (Å²) in [6.45, 7) is 0. The fourth-order valence-corrected chi connectivity index (χ4v) is 2.70. The van der Waals surface area contributed by atoms with Crippen LogP contribution in [0.15, 0.2) is 53.4 Å². The molecule has 0 saturated carbocycles. The molecule has 22 heavy (non-hydrogen) atoms. The molecule has 0 saturated heterocycles. The molecule has 0 fully saturated rings. The average Bonchev–Trinajstić information content (AvgIpc) is 2.45. The second-order valence-electron chi connectivity index (χ2n) is 4.83. The van der Waals surface area contributed by atoms with Gasteiger partial charge in [-0.3, -0.25) is 0 Å². The highest BCUT2D eigenvalue weighted by molar-refractivity contribution is 7.90. The Morgan fingerprint density at radius 1 is 1.00 bits per heavy atom. The number of aliphatic hydroxyl groups is 1. The van der Waals surface area contributed by atoms with Gasteiger partial charge in [0, 0.05) is 6.26 Å². The normalized spacial score (nSPS) is 13.9. The van der Waals surface area contributed by atoms with Crippen molar-refractivity contribution in [3.63, 3.8) is 0 Å². The Labute approximate surface area is 125 Å². The monoisotopic (exact) mass is 330 g/mol. The van der Waals surface area contributed by atoms with E-state index in [0.717, 1.165) is 12.3 Å². The molecule has 0 aliphatic heterocycles. The lowest BCUT2D eigenvalue weighted by Crippen LogP contribution is -2.12. The molecule has 2 aromatic carbocycles. The molecule has 0 bridgehead atoms. The summed E-state index contributed by atoms with van der Waals surface area (Å²) >= 11 is 0. The van der Waals surface area contributed by atoms with Gasteiger partial charge in [-0.1, -0.05) is 30.3 Å². The van der Waals surface area contributed by atoms with Gasteiger partial charge in [-0.15, -0.1) is 0 Å². The summed E-state index contributed by atoms with van der Waals surface area (Å²) in [4.78, 5) is 0.0348. The van der Waals surface area contributed by atoms with Crippen molar-refractivity contribution in [3.05, 3.63) is 65.2 Å². The molecule has 0 aliphatic rings. The van der Waals surface area contributed by atoms with E-state index in [9.17, 15) is 26.7 Å². The van der Waals surface area contributed by atoms with Gasteiger partial charge in [0.15, 0.2) is 9.84 Å². The summed E-state index contributed by atoms with van der Waals surface area (Å²) in [7, 11) is -3.40. The lowest BCUT2D eigenvalue weighted by atomic mass is 9.96. The minimum atomic E-state index is -4.58. The van der Waals surface area contributed by atoms with Gasteiger partial charge in [-0.25, -0.2) is 8.42 Å². The van der Waals surface area contributed by atoms with E-state index in [2.05, 4.69) is 0 Å². The van der Waals surface area contributed by atoms with E-state index in [4.69, 9.17) is 0 Å². The zero-order valence-electron chi connectivity index (χ0n) is 11.5. The van der Waals surface area contributed by atoms with Crippen LogP contribution in [0.1, 0.15) is 22.8 Å². The van der Waals surface area contributed by atoms with Crippen LogP contribution >= 0.6 is 0 Å². The molecule has 1 N–H and O–H groups in total. The van der Waals surface area contributed by atoms with Crippen molar-refractivity contribution in [1.29, 1.82) is 0 Å². The third kappa shape index (κ3) is 3.48. The third-order valence-corrected chi connectivity index (χ3v) is 4.31. The summed E-state index contributed by atoms with van der Waals surface area (Å²) in [5, 5.41) is 10.2. The maximum atomic E-state index is 13.0. The van der Waals surface area contributed by atoms with E-state index >= 15 is 0 Å². The van der Waals surface area contributed by atoms with Crippen molar-refractivity contribution in [3.8, 4) is 0 Å². The lowest BCUT2D eigenvalue weighted by Gasteiger charge is -2.18.